The Kier molecular flexibility index (Phi) is 3.83. The summed E-state index contributed by atoms with van der Waals surface area (Å²) in [5.74, 6) is -0.0989. The van der Waals surface area contributed by atoms with Crippen LogP contribution in [0.3, 0.4) is 0 Å². The van der Waals surface area contributed by atoms with Crippen LogP contribution in [-0.4, -0.2) is 18.2 Å². The highest BCUT2D eigenvalue weighted by molar-refractivity contribution is 9.10. The highest BCUT2D eigenvalue weighted by atomic mass is 79.9. The number of carbonyl (C=O) groups is 2. The van der Waals surface area contributed by atoms with E-state index < -0.39 is 0 Å². The van der Waals surface area contributed by atoms with Gasteiger partial charge in [0.2, 0.25) is 0 Å². The molecule has 1 aliphatic rings. The molecule has 5 heteroatoms. The summed E-state index contributed by atoms with van der Waals surface area (Å²) in [6, 6.07) is 12.3. The fraction of sp³-hybridized carbons (Fsp3) is 0.125. The maximum atomic E-state index is 12.7. The molecule has 0 saturated heterocycles. The molecule has 1 aliphatic heterocycles. The summed E-state index contributed by atoms with van der Waals surface area (Å²) in [7, 11) is 0. The number of hydrogen-bond acceptors (Lipinski definition) is 2. The summed E-state index contributed by atoms with van der Waals surface area (Å²) in [6.07, 6.45) is 0.313. The van der Waals surface area contributed by atoms with Crippen molar-refractivity contribution in [2.45, 2.75) is 6.42 Å². The smallest absolute Gasteiger partial charge is 0.258 e. The minimum absolute atomic E-state index is 0.0193. The largest absolute Gasteiger partial charge is 0.307 e. The van der Waals surface area contributed by atoms with Gasteiger partial charge in [0.05, 0.1) is 5.69 Å². The number of anilines is 1. The van der Waals surface area contributed by atoms with E-state index in [2.05, 4.69) is 15.9 Å². The van der Waals surface area contributed by atoms with Crippen molar-refractivity contribution in [2.24, 2.45) is 0 Å². The van der Waals surface area contributed by atoms with Gasteiger partial charge in [-0.3, -0.25) is 9.59 Å². The number of nitrogens with zero attached hydrogens (tertiary/aromatic N) is 1. The van der Waals surface area contributed by atoms with Crippen molar-refractivity contribution < 1.29 is 9.59 Å². The van der Waals surface area contributed by atoms with Crippen LogP contribution in [0.2, 0.25) is 5.02 Å². The SMILES string of the molecule is O=C1CCN(C(=O)c2cccc(Br)c2)c2ccc(Cl)cc21. The predicted molar refractivity (Wildman–Crippen MR) is 86.2 cm³/mol. The number of halogens is 2. The second-order valence-corrected chi connectivity index (χ2v) is 6.15. The van der Waals surface area contributed by atoms with Gasteiger partial charge < -0.3 is 4.90 Å². The number of amides is 1. The Morgan fingerprint density at radius 1 is 1.19 bits per heavy atom. The number of Topliss-reactive ketones (excluding diaryl/α,β-unsaturated/α-hetero) is 1. The molecule has 0 atom stereocenters. The number of ketones is 1. The Bertz CT molecular complexity index is 745. The molecule has 3 rings (SSSR count). The van der Waals surface area contributed by atoms with E-state index in [0.29, 0.717) is 34.8 Å². The van der Waals surface area contributed by atoms with Gasteiger partial charge in [-0.05, 0) is 36.4 Å². The topological polar surface area (TPSA) is 37.4 Å². The van der Waals surface area contributed by atoms with Crippen LogP contribution >= 0.6 is 27.5 Å². The zero-order chi connectivity index (χ0) is 15.0. The van der Waals surface area contributed by atoms with Gasteiger partial charge in [-0.2, -0.15) is 0 Å². The maximum absolute atomic E-state index is 12.7. The van der Waals surface area contributed by atoms with Crippen molar-refractivity contribution in [2.75, 3.05) is 11.4 Å². The second kappa shape index (κ2) is 5.62. The third kappa shape index (κ3) is 2.74. The zero-order valence-electron chi connectivity index (χ0n) is 11.0. The molecule has 0 radical (unpaired) electrons. The molecule has 0 spiro atoms. The fourth-order valence-corrected chi connectivity index (χ4v) is 3.00. The number of hydrogen-bond donors (Lipinski definition) is 0. The first kappa shape index (κ1) is 14.3. The van der Waals surface area contributed by atoms with Crippen molar-refractivity contribution in [1.29, 1.82) is 0 Å². The third-order valence-electron chi connectivity index (χ3n) is 3.43. The number of rotatable bonds is 1. The van der Waals surface area contributed by atoms with E-state index in [4.69, 9.17) is 11.6 Å². The lowest BCUT2D eigenvalue weighted by molar-refractivity contribution is 0.0955. The van der Waals surface area contributed by atoms with Gasteiger partial charge in [-0.25, -0.2) is 0 Å². The van der Waals surface area contributed by atoms with Crippen molar-refractivity contribution in [3.63, 3.8) is 0 Å². The Morgan fingerprint density at radius 2 is 2.00 bits per heavy atom. The summed E-state index contributed by atoms with van der Waals surface area (Å²) >= 11 is 9.31. The molecule has 106 valence electrons. The number of benzene rings is 2. The molecule has 0 fully saturated rings. The summed E-state index contributed by atoms with van der Waals surface area (Å²) in [5, 5.41) is 0.499. The molecular formula is C16H11BrClNO2. The molecule has 3 nitrogen and oxygen atoms in total. The zero-order valence-corrected chi connectivity index (χ0v) is 13.3. The molecule has 0 aliphatic carbocycles. The van der Waals surface area contributed by atoms with E-state index in [1.807, 2.05) is 12.1 Å². The van der Waals surface area contributed by atoms with Crippen LogP contribution < -0.4 is 4.90 Å². The molecule has 1 heterocycles. The van der Waals surface area contributed by atoms with Gasteiger partial charge in [-0.15, -0.1) is 0 Å². The lowest BCUT2D eigenvalue weighted by Crippen LogP contribution is -2.37. The van der Waals surface area contributed by atoms with Gasteiger partial charge >= 0.3 is 0 Å². The first-order valence-corrected chi connectivity index (χ1v) is 7.63. The van der Waals surface area contributed by atoms with Crippen LogP contribution in [-0.2, 0) is 0 Å². The van der Waals surface area contributed by atoms with E-state index in [9.17, 15) is 9.59 Å². The van der Waals surface area contributed by atoms with E-state index in [0.717, 1.165) is 4.47 Å². The molecule has 0 aromatic heterocycles. The molecule has 0 saturated carbocycles. The Hall–Kier alpha value is -1.65. The minimum atomic E-state index is -0.118. The molecule has 1 amide bonds. The van der Waals surface area contributed by atoms with E-state index in [-0.39, 0.29) is 11.7 Å². The third-order valence-corrected chi connectivity index (χ3v) is 4.16. The summed E-state index contributed by atoms with van der Waals surface area (Å²) in [5.41, 5.74) is 1.72. The van der Waals surface area contributed by atoms with Crippen molar-refractivity contribution in [3.8, 4) is 0 Å². The average molecular weight is 365 g/mol. The summed E-state index contributed by atoms with van der Waals surface area (Å²) in [4.78, 5) is 26.3. The molecular weight excluding hydrogens is 354 g/mol. The van der Waals surface area contributed by atoms with E-state index in [1.54, 1.807) is 35.2 Å². The van der Waals surface area contributed by atoms with E-state index in [1.165, 1.54) is 0 Å². The van der Waals surface area contributed by atoms with Crippen molar-refractivity contribution in [1.82, 2.24) is 0 Å². The lowest BCUT2D eigenvalue weighted by atomic mass is 9.99. The summed E-state index contributed by atoms with van der Waals surface area (Å²) in [6.45, 7) is 0.388. The molecule has 0 bridgehead atoms. The second-order valence-electron chi connectivity index (χ2n) is 4.80. The highest BCUT2D eigenvalue weighted by Gasteiger charge is 2.28. The normalized spacial score (nSPS) is 14.0. The van der Waals surface area contributed by atoms with Crippen LogP contribution in [0.15, 0.2) is 46.9 Å². The Balaban J connectivity index is 2.03. The number of carbonyl (C=O) groups excluding carboxylic acids is 2. The summed E-state index contributed by atoms with van der Waals surface area (Å²) < 4.78 is 0.845. The monoisotopic (exact) mass is 363 g/mol. The average Bonchev–Trinajstić information content (AvgIpc) is 2.47. The van der Waals surface area contributed by atoms with Crippen LogP contribution in [0, 0.1) is 0 Å². The Morgan fingerprint density at radius 3 is 2.76 bits per heavy atom. The maximum Gasteiger partial charge on any atom is 0.258 e. The van der Waals surface area contributed by atoms with Gasteiger partial charge in [0.1, 0.15) is 0 Å². The molecule has 21 heavy (non-hydrogen) atoms. The lowest BCUT2D eigenvalue weighted by Gasteiger charge is -2.29. The molecule has 2 aromatic carbocycles. The quantitative estimate of drug-likeness (QED) is 0.755. The van der Waals surface area contributed by atoms with Crippen molar-refractivity contribution >= 4 is 44.9 Å². The van der Waals surface area contributed by atoms with Crippen molar-refractivity contribution in [3.05, 3.63) is 63.1 Å². The van der Waals surface area contributed by atoms with Crippen LogP contribution in [0.1, 0.15) is 27.1 Å². The van der Waals surface area contributed by atoms with Crippen LogP contribution in [0.25, 0.3) is 0 Å². The first-order valence-electron chi connectivity index (χ1n) is 6.46. The van der Waals surface area contributed by atoms with Gasteiger partial charge in [-0.1, -0.05) is 33.6 Å². The van der Waals surface area contributed by atoms with Crippen LogP contribution in [0.5, 0.6) is 0 Å². The van der Waals surface area contributed by atoms with E-state index >= 15 is 0 Å². The molecule has 0 unspecified atom stereocenters. The predicted octanol–water partition coefficient (Wildman–Crippen LogP) is 4.34. The minimum Gasteiger partial charge on any atom is -0.307 e. The molecule has 2 aromatic rings. The van der Waals surface area contributed by atoms with Crippen LogP contribution in [0.4, 0.5) is 5.69 Å². The van der Waals surface area contributed by atoms with Gasteiger partial charge in [0.15, 0.2) is 5.78 Å². The standard InChI is InChI=1S/C16H11BrClNO2/c17-11-3-1-2-10(8-11)16(21)19-7-6-15(20)13-9-12(18)4-5-14(13)19/h1-5,8-9H,6-7H2. The molecule has 0 N–H and O–H groups in total. The fourth-order valence-electron chi connectivity index (χ4n) is 2.42. The first-order chi connectivity index (χ1) is 10.1. The van der Waals surface area contributed by atoms with Gasteiger partial charge in [0.25, 0.3) is 5.91 Å². The highest BCUT2D eigenvalue weighted by Crippen LogP contribution is 2.31. The van der Waals surface area contributed by atoms with Gasteiger partial charge in [0, 0.05) is 33.6 Å². The number of fused-ring (bicyclic) bond motifs is 1. The Labute approximate surface area is 135 Å².